The van der Waals surface area contributed by atoms with Gasteiger partial charge in [-0.05, 0) is 104 Å². The van der Waals surface area contributed by atoms with Crippen LogP contribution in [0, 0.1) is 6.92 Å². The first-order chi connectivity index (χ1) is 22.7. The lowest BCUT2D eigenvalue weighted by molar-refractivity contribution is 1.18. The Labute approximate surface area is 268 Å². The Kier molecular flexibility index (Phi) is 6.11. The van der Waals surface area contributed by atoms with E-state index in [4.69, 9.17) is 0 Å². The summed E-state index contributed by atoms with van der Waals surface area (Å²) < 4.78 is 2.39. The molecule has 9 aromatic rings. The number of rotatable bonds is 4. The number of benzene rings is 8. The molecule has 0 saturated heterocycles. The molecule has 0 radical (unpaired) electrons. The predicted molar refractivity (Wildman–Crippen MR) is 197 cm³/mol. The molecule has 9 rings (SSSR count). The van der Waals surface area contributed by atoms with Gasteiger partial charge in [0, 0.05) is 16.5 Å². The van der Waals surface area contributed by atoms with Gasteiger partial charge in [-0.3, -0.25) is 0 Å². The normalized spacial score (nSPS) is 11.6. The van der Waals surface area contributed by atoms with Crippen LogP contribution in [0.15, 0.2) is 170 Å². The summed E-state index contributed by atoms with van der Waals surface area (Å²) in [6, 6.07) is 62.1. The molecule has 46 heavy (non-hydrogen) atoms. The Morgan fingerprint density at radius 3 is 1.41 bits per heavy atom. The molecular formula is C45H31N. The van der Waals surface area contributed by atoms with Crippen LogP contribution in [0.3, 0.4) is 0 Å². The minimum Gasteiger partial charge on any atom is -0.309 e. The zero-order valence-electron chi connectivity index (χ0n) is 25.6. The molecule has 0 saturated carbocycles. The van der Waals surface area contributed by atoms with Gasteiger partial charge in [-0.15, -0.1) is 0 Å². The van der Waals surface area contributed by atoms with Crippen molar-refractivity contribution in [3.63, 3.8) is 0 Å². The van der Waals surface area contributed by atoms with E-state index >= 15 is 0 Å². The number of hydrogen-bond donors (Lipinski definition) is 0. The maximum absolute atomic E-state index is 2.42. The summed E-state index contributed by atoms with van der Waals surface area (Å²) in [5, 5.41) is 7.64. The molecule has 0 amide bonds. The van der Waals surface area contributed by atoms with E-state index < -0.39 is 0 Å². The number of nitrogens with zero attached hydrogens (tertiary/aromatic N) is 1. The predicted octanol–water partition coefficient (Wildman–Crippen LogP) is 12.4. The zero-order valence-corrected chi connectivity index (χ0v) is 25.6. The molecule has 0 unspecified atom stereocenters. The van der Waals surface area contributed by atoms with Crippen LogP contribution in [-0.4, -0.2) is 4.57 Å². The molecule has 1 heteroatoms. The molecule has 1 aromatic heterocycles. The Balaban J connectivity index is 1.34. The molecule has 0 aliphatic carbocycles. The molecule has 8 aromatic carbocycles. The first kappa shape index (κ1) is 26.5. The molecule has 0 N–H and O–H groups in total. The summed E-state index contributed by atoms with van der Waals surface area (Å²) in [6.45, 7) is 2.18. The molecule has 0 aliphatic rings. The second-order valence-electron chi connectivity index (χ2n) is 12.2. The van der Waals surface area contributed by atoms with E-state index in [-0.39, 0.29) is 0 Å². The first-order valence-corrected chi connectivity index (χ1v) is 15.9. The van der Waals surface area contributed by atoms with Gasteiger partial charge in [0.2, 0.25) is 0 Å². The molecule has 0 fully saturated rings. The Bertz CT molecular complexity index is 2560. The third-order valence-corrected chi connectivity index (χ3v) is 9.42. The lowest BCUT2D eigenvalue weighted by Crippen LogP contribution is -1.93. The van der Waals surface area contributed by atoms with E-state index in [0.717, 1.165) is 0 Å². The maximum atomic E-state index is 2.42. The molecule has 1 heterocycles. The van der Waals surface area contributed by atoms with Crippen molar-refractivity contribution in [3.05, 3.63) is 175 Å². The maximum Gasteiger partial charge on any atom is 0.0541 e. The highest BCUT2D eigenvalue weighted by atomic mass is 15.0. The SMILES string of the molecule is Cc1ccc2c(c1)c1cc(-c3ccc4c(-c5ccccc5)c5ccccc5c(-c5ccccc5)c4c3)ccc1n2-c1ccccc1. The van der Waals surface area contributed by atoms with Gasteiger partial charge in [-0.2, -0.15) is 0 Å². The van der Waals surface area contributed by atoms with Gasteiger partial charge >= 0.3 is 0 Å². The van der Waals surface area contributed by atoms with E-state index in [2.05, 4.69) is 181 Å². The van der Waals surface area contributed by atoms with E-state index in [0.29, 0.717) is 0 Å². The molecule has 216 valence electrons. The van der Waals surface area contributed by atoms with E-state index in [1.54, 1.807) is 0 Å². The molecular weight excluding hydrogens is 555 g/mol. The first-order valence-electron chi connectivity index (χ1n) is 15.9. The topological polar surface area (TPSA) is 4.93 Å². The fourth-order valence-electron chi connectivity index (χ4n) is 7.36. The van der Waals surface area contributed by atoms with Gasteiger partial charge in [0.05, 0.1) is 11.0 Å². The smallest absolute Gasteiger partial charge is 0.0541 e. The van der Waals surface area contributed by atoms with Crippen LogP contribution in [-0.2, 0) is 0 Å². The van der Waals surface area contributed by atoms with Crippen molar-refractivity contribution in [1.29, 1.82) is 0 Å². The Morgan fingerprint density at radius 2 is 0.783 bits per heavy atom. The second-order valence-corrected chi connectivity index (χ2v) is 12.2. The molecule has 1 nitrogen and oxygen atoms in total. The fourth-order valence-corrected chi connectivity index (χ4v) is 7.36. The Hall–Kier alpha value is -5.92. The summed E-state index contributed by atoms with van der Waals surface area (Å²) in [7, 11) is 0. The fraction of sp³-hybridized carbons (Fsp3) is 0.0222. The summed E-state index contributed by atoms with van der Waals surface area (Å²) in [6.07, 6.45) is 0. The number of hydrogen-bond acceptors (Lipinski definition) is 0. The van der Waals surface area contributed by atoms with E-state index in [1.165, 1.54) is 88.0 Å². The summed E-state index contributed by atoms with van der Waals surface area (Å²) in [5.74, 6) is 0. The van der Waals surface area contributed by atoms with E-state index in [9.17, 15) is 0 Å². The molecule has 0 aliphatic heterocycles. The number of aromatic nitrogens is 1. The third kappa shape index (κ3) is 4.17. The van der Waals surface area contributed by atoms with E-state index in [1.807, 2.05) is 0 Å². The molecule has 0 spiro atoms. The summed E-state index contributed by atoms with van der Waals surface area (Å²) >= 11 is 0. The third-order valence-electron chi connectivity index (χ3n) is 9.42. The molecule has 0 bridgehead atoms. The van der Waals surface area contributed by atoms with Gasteiger partial charge in [0.25, 0.3) is 0 Å². The van der Waals surface area contributed by atoms with Crippen LogP contribution in [0.2, 0.25) is 0 Å². The standard InChI is InChI=1S/C45H31N/c1-30-21-25-42-39(27-30)40-28-34(23-26-43(40)46(42)35-17-9-4-10-18-35)33-22-24-38-41(29-33)45(32-15-7-3-8-16-32)37-20-12-11-19-36(37)44(38)31-13-5-2-6-14-31/h2-29H,1H3. The van der Waals surface area contributed by atoms with Crippen LogP contribution in [0.25, 0.3) is 82.4 Å². The summed E-state index contributed by atoms with van der Waals surface area (Å²) in [4.78, 5) is 0. The number of para-hydroxylation sites is 1. The van der Waals surface area contributed by atoms with Crippen molar-refractivity contribution < 1.29 is 0 Å². The Morgan fingerprint density at radius 1 is 0.326 bits per heavy atom. The highest BCUT2D eigenvalue weighted by molar-refractivity contribution is 6.22. The van der Waals surface area contributed by atoms with Gasteiger partial charge < -0.3 is 4.57 Å². The average molecular weight is 586 g/mol. The van der Waals surface area contributed by atoms with Crippen molar-refractivity contribution in [1.82, 2.24) is 4.57 Å². The van der Waals surface area contributed by atoms with Crippen molar-refractivity contribution in [2.75, 3.05) is 0 Å². The van der Waals surface area contributed by atoms with Crippen molar-refractivity contribution in [3.8, 4) is 39.1 Å². The van der Waals surface area contributed by atoms with Crippen LogP contribution in [0.5, 0.6) is 0 Å². The summed E-state index contributed by atoms with van der Waals surface area (Å²) in [5.41, 5.74) is 12.4. The van der Waals surface area contributed by atoms with Crippen LogP contribution in [0.1, 0.15) is 5.56 Å². The van der Waals surface area contributed by atoms with Crippen molar-refractivity contribution in [2.45, 2.75) is 6.92 Å². The number of fused-ring (bicyclic) bond motifs is 5. The average Bonchev–Trinajstić information content (AvgIpc) is 3.44. The zero-order chi connectivity index (χ0) is 30.6. The van der Waals surface area contributed by atoms with Crippen LogP contribution >= 0.6 is 0 Å². The highest BCUT2D eigenvalue weighted by Crippen LogP contribution is 2.45. The lowest BCUT2D eigenvalue weighted by atomic mass is 9.85. The number of aryl methyl sites for hydroxylation is 1. The lowest BCUT2D eigenvalue weighted by Gasteiger charge is -2.18. The largest absolute Gasteiger partial charge is 0.309 e. The van der Waals surface area contributed by atoms with Crippen molar-refractivity contribution >= 4 is 43.4 Å². The minimum absolute atomic E-state index is 1.18. The minimum atomic E-state index is 1.18. The molecule has 0 atom stereocenters. The second kappa shape index (κ2) is 10.6. The quantitative estimate of drug-likeness (QED) is 0.181. The van der Waals surface area contributed by atoms with Gasteiger partial charge in [0.15, 0.2) is 0 Å². The monoisotopic (exact) mass is 585 g/mol. The van der Waals surface area contributed by atoms with Gasteiger partial charge in [0.1, 0.15) is 0 Å². The highest BCUT2D eigenvalue weighted by Gasteiger charge is 2.18. The van der Waals surface area contributed by atoms with Crippen LogP contribution < -0.4 is 0 Å². The van der Waals surface area contributed by atoms with Gasteiger partial charge in [-0.25, -0.2) is 0 Å². The van der Waals surface area contributed by atoms with Gasteiger partial charge in [-0.1, -0.05) is 133 Å². The van der Waals surface area contributed by atoms with Crippen molar-refractivity contribution in [2.24, 2.45) is 0 Å². The van der Waals surface area contributed by atoms with Crippen LogP contribution in [0.4, 0.5) is 0 Å².